The fourth-order valence-electron chi connectivity index (χ4n) is 4.56. The first-order valence-corrected chi connectivity index (χ1v) is 13.5. The normalized spacial score (nSPS) is 31.3. The third-order valence-corrected chi connectivity index (χ3v) is 11.4. The standard InChI is InChI=1S/C18H28O3SSi/c1-14-5-7-16(8-6-14)22(19,20)21-17-13-15-9-11-18(17,12-10-15)23(2,3)4/h5-8,15,17H,9-13H2,1-4H3. The van der Waals surface area contributed by atoms with E-state index in [0.717, 1.165) is 24.8 Å². The number of hydrogen-bond donors (Lipinski definition) is 0. The smallest absolute Gasteiger partial charge is 0.263 e. The Bertz CT molecular complexity index is 665. The predicted octanol–water partition coefficient (Wildman–Crippen LogP) is 4.74. The molecule has 1 unspecified atom stereocenters. The average molecular weight is 353 g/mol. The van der Waals surface area contributed by atoms with E-state index < -0.39 is 18.2 Å². The molecule has 0 aromatic heterocycles. The van der Waals surface area contributed by atoms with Crippen LogP contribution in [-0.2, 0) is 14.3 Å². The van der Waals surface area contributed by atoms with Gasteiger partial charge in [-0.05, 0) is 62.1 Å². The summed E-state index contributed by atoms with van der Waals surface area (Å²) < 4.78 is 31.4. The van der Waals surface area contributed by atoms with E-state index in [0.29, 0.717) is 5.92 Å². The molecule has 128 valence electrons. The zero-order chi connectivity index (χ0) is 16.9. The Hall–Kier alpha value is -0.653. The minimum Gasteiger partial charge on any atom is -0.263 e. The van der Waals surface area contributed by atoms with Crippen molar-refractivity contribution in [1.29, 1.82) is 0 Å². The first-order chi connectivity index (χ1) is 10.6. The van der Waals surface area contributed by atoms with Crippen LogP contribution in [0.25, 0.3) is 0 Å². The van der Waals surface area contributed by atoms with Crippen molar-refractivity contribution in [3.63, 3.8) is 0 Å². The Kier molecular flexibility index (Phi) is 4.26. The molecule has 0 radical (unpaired) electrons. The summed E-state index contributed by atoms with van der Waals surface area (Å²) in [4.78, 5) is 0.287. The molecule has 23 heavy (non-hydrogen) atoms. The van der Waals surface area contributed by atoms with Gasteiger partial charge >= 0.3 is 0 Å². The van der Waals surface area contributed by atoms with Crippen LogP contribution in [0.1, 0.15) is 37.7 Å². The lowest BCUT2D eigenvalue weighted by Gasteiger charge is -2.57. The molecule has 0 N–H and O–H groups in total. The maximum Gasteiger partial charge on any atom is 0.297 e. The van der Waals surface area contributed by atoms with Crippen molar-refractivity contribution in [1.82, 2.24) is 0 Å². The molecule has 0 heterocycles. The Balaban J connectivity index is 1.90. The van der Waals surface area contributed by atoms with Crippen LogP contribution in [0.3, 0.4) is 0 Å². The van der Waals surface area contributed by atoms with Gasteiger partial charge in [-0.15, -0.1) is 0 Å². The van der Waals surface area contributed by atoms with E-state index in [2.05, 4.69) is 19.6 Å². The van der Waals surface area contributed by atoms with Gasteiger partial charge in [-0.1, -0.05) is 37.3 Å². The first-order valence-electron chi connectivity index (χ1n) is 8.64. The van der Waals surface area contributed by atoms with Crippen molar-refractivity contribution in [2.24, 2.45) is 5.92 Å². The molecular weight excluding hydrogens is 324 g/mol. The summed E-state index contributed by atoms with van der Waals surface area (Å²) in [6.45, 7) is 9.06. The molecule has 4 rings (SSSR count). The number of benzene rings is 1. The number of fused-ring (bicyclic) bond motifs is 3. The fraction of sp³-hybridized carbons (Fsp3) is 0.667. The summed E-state index contributed by atoms with van der Waals surface area (Å²) in [6.07, 6.45) is 5.55. The molecule has 0 amide bonds. The van der Waals surface area contributed by atoms with E-state index in [-0.39, 0.29) is 16.0 Å². The second-order valence-corrected chi connectivity index (χ2v) is 15.5. The summed E-state index contributed by atoms with van der Waals surface area (Å²) in [5, 5.41) is 0.111. The van der Waals surface area contributed by atoms with Crippen molar-refractivity contribution in [2.75, 3.05) is 0 Å². The maximum absolute atomic E-state index is 12.8. The lowest BCUT2D eigenvalue weighted by atomic mass is 9.68. The number of aryl methyl sites for hydroxylation is 1. The Morgan fingerprint density at radius 3 is 2.17 bits per heavy atom. The highest BCUT2D eigenvalue weighted by Crippen LogP contribution is 2.62. The first kappa shape index (κ1) is 17.2. The monoisotopic (exact) mass is 352 g/mol. The molecule has 1 atom stereocenters. The molecule has 1 aromatic carbocycles. The summed E-state index contributed by atoms with van der Waals surface area (Å²) >= 11 is 0. The van der Waals surface area contributed by atoms with Gasteiger partial charge in [0.15, 0.2) is 0 Å². The van der Waals surface area contributed by atoms with Crippen LogP contribution >= 0.6 is 0 Å². The average Bonchev–Trinajstić information content (AvgIpc) is 2.47. The number of hydrogen-bond acceptors (Lipinski definition) is 3. The lowest BCUT2D eigenvalue weighted by molar-refractivity contribution is 0.0306. The summed E-state index contributed by atoms with van der Waals surface area (Å²) in [5.74, 6) is 0.645. The van der Waals surface area contributed by atoms with Crippen LogP contribution in [0.15, 0.2) is 29.2 Å². The minimum atomic E-state index is -3.68. The van der Waals surface area contributed by atoms with Gasteiger partial charge in [0.05, 0.1) is 19.1 Å². The van der Waals surface area contributed by atoms with Crippen molar-refractivity contribution in [2.45, 2.75) is 74.7 Å². The van der Waals surface area contributed by atoms with Crippen LogP contribution in [0, 0.1) is 12.8 Å². The lowest BCUT2D eigenvalue weighted by Crippen LogP contribution is -2.55. The number of rotatable bonds is 4. The van der Waals surface area contributed by atoms with E-state index in [9.17, 15) is 8.42 Å². The largest absolute Gasteiger partial charge is 0.297 e. The van der Waals surface area contributed by atoms with Crippen LogP contribution < -0.4 is 0 Å². The predicted molar refractivity (Wildman–Crippen MR) is 95.9 cm³/mol. The van der Waals surface area contributed by atoms with Crippen LogP contribution in [0.4, 0.5) is 0 Å². The van der Waals surface area contributed by atoms with Gasteiger partial charge in [0.25, 0.3) is 10.1 Å². The van der Waals surface area contributed by atoms with Crippen molar-refractivity contribution < 1.29 is 12.6 Å². The van der Waals surface area contributed by atoms with Gasteiger partial charge in [0.1, 0.15) is 0 Å². The van der Waals surface area contributed by atoms with Crippen molar-refractivity contribution in [3.05, 3.63) is 29.8 Å². The molecule has 0 saturated heterocycles. The van der Waals surface area contributed by atoms with Crippen molar-refractivity contribution in [3.8, 4) is 0 Å². The summed E-state index contributed by atoms with van der Waals surface area (Å²) in [5.41, 5.74) is 1.05. The third-order valence-electron chi connectivity index (χ3n) is 6.21. The van der Waals surface area contributed by atoms with Gasteiger partial charge in [-0.25, -0.2) is 0 Å². The van der Waals surface area contributed by atoms with Crippen LogP contribution in [0.2, 0.25) is 24.7 Å². The Morgan fingerprint density at radius 1 is 1.09 bits per heavy atom. The van der Waals surface area contributed by atoms with Crippen LogP contribution in [-0.4, -0.2) is 22.6 Å². The Morgan fingerprint density at radius 2 is 1.65 bits per heavy atom. The quantitative estimate of drug-likeness (QED) is 0.580. The van der Waals surface area contributed by atoms with E-state index in [1.165, 1.54) is 12.8 Å². The summed E-state index contributed by atoms with van der Waals surface area (Å²) in [6, 6.07) is 6.98. The zero-order valence-corrected chi connectivity index (χ0v) is 16.4. The summed E-state index contributed by atoms with van der Waals surface area (Å²) in [7, 11) is -5.21. The van der Waals surface area contributed by atoms with Crippen LogP contribution in [0.5, 0.6) is 0 Å². The van der Waals surface area contributed by atoms with Gasteiger partial charge < -0.3 is 0 Å². The molecule has 5 heteroatoms. The molecule has 3 nitrogen and oxygen atoms in total. The maximum atomic E-state index is 12.8. The Labute approximate surface area is 141 Å². The van der Waals surface area contributed by atoms with Gasteiger partial charge in [0.2, 0.25) is 0 Å². The highest BCUT2D eigenvalue weighted by atomic mass is 32.2. The molecule has 2 bridgehead atoms. The highest BCUT2D eigenvalue weighted by molar-refractivity contribution is 7.86. The topological polar surface area (TPSA) is 43.4 Å². The molecular formula is C18H28O3SSi. The van der Waals surface area contributed by atoms with E-state index in [4.69, 9.17) is 4.18 Å². The zero-order valence-electron chi connectivity index (χ0n) is 14.6. The van der Waals surface area contributed by atoms with E-state index in [1.807, 2.05) is 19.1 Å². The van der Waals surface area contributed by atoms with E-state index in [1.54, 1.807) is 12.1 Å². The fourth-order valence-corrected chi connectivity index (χ4v) is 8.72. The molecule has 0 spiro atoms. The molecule has 3 aliphatic carbocycles. The molecule has 3 fully saturated rings. The molecule has 0 aliphatic heterocycles. The van der Waals surface area contributed by atoms with Gasteiger partial charge in [0, 0.05) is 0 Å². The second kappa shape index (κ2) is 5.71. The highest BCUT2D eigenvalue weighted by Gasteiger charge is 2.56. The third kappa shape index (κ3) is 3.03. The molecule has 3 aliphatic rings. The van der Waals surface area contributed by atoms with Gasteiger partial charge in [-0.2, -0.15) is 8.42 Å². The van der Waals surface area contributed by atoms with Gasteiger partial charge in [-0.3, -0.25) is 4.18 Å². The second-order valence-electron chi connectivity index (χ2n) is 8.44. The molecule has 3 saturated carbocycles. The van der Waals surface area contributed by atoms with Crippen molar-refractivity contribution >= 4 is 18.2 Å². The SMILES string of the molecule is Cc1ccc(S(=O)(=O)OC2CC3CCC2([Si](C)(C)C)CC3)cc1. The molecule has 1 aromatic rings. The van der Waals surface area contributed by atoms with E-state index >= 15 is 0 Å². The minimum absolute atomic E-state index is 0.111.